The molecule has 1 saturated carbocycles. The van der Waals surface area contributed by atoms with Gasteiger partial charge >= 0.3 is 11.8 Å². The minimum Gasteiger partial charge on any atom is -0.345 e. The van der Waals surface area contributed by atoms with E-state index in [2.05, 4.69) is 28.3 Å². The van der Waals surface area contributed by atoms with E-state index in [1.54, 1.807) is 4.90 Å². The number of nitrogens with zero attached hydrogens (tertiary/aromatic N) is 4. The maximum absolute atomic E-state index is 12.1. The van der Waals surface area contributed by atoms with Gasteiger partial charge in [0.05, 0.1) is 0 Å². The number of carbonyl (C=O) groups excluding carboxylic acids is 2. The van der Waals surface area contributed by atoms with E-state index in [0.717, 1.165) is 38.9 Å². The number of amides is 2. The molecule has 0 unspecified atom stereocenters. The van der Waals surface area contributed by atoms with Crippen molar-refractivity contribution >= 4 is 11.8 Å². The molecule has 0 spiro atoms. The molecule has 1 aromatic rings. The number of aryl methyl sites for hydroxylation is 1. The van der Waals surface area contributed by atoms with Crippen LogP contribution in [0.1, 0.15) is 25.5 Å². The van der Waals surface area contributed by atoms with Gasteiger partial charge in [0.15, 0.2) is 0 Å². The Morgan fingerprint density at radius 1 is 1.29 bits per heavy atom. The van der Waals surface area contributed by atoms with Crippen molar-refractivity contribution in [3.63, 3.8) is 0 Å². The lowest BCUT2D eigenvalue weighted by atomic mass is 10.0. The molecule has 2 fully saturated rings. The SMILES string of the molecule is C[C@H](Cc1ccnn1C)CN1CCN(C(=O)C(=O)NC2CC2)CC1. The Morgan fingerprint density at radius 3 is 2.58 bits per heavy atom. The molecule has 1 aromatic heterocycles. The summed E-state index contributed by atoms with van der Waals surface area (Å²) in [6.45, 7) is 6.18. The van der Waals surface area contributed by atoms with Gasteiger partial charge in [0.25, 0.3) is 0 Å². The largest absolute Gasteiger partial charge is 0.345 e. The first-order chi connectivity index (χ1) is 11.5. The highest BCUT2D eigenvalue weighted by Crippen LogP contribution is 2.18. The van der Waals surface area contributed by atoms with Gasteiger partial charge in [-0.2, -0.15) is 5.10 Å². The van der Waals surface area contributed by atoms with Crippen molar-refractivity contribution in [3.05, 3.63) is 18.0 Å². The molecule has 0 radical (unpaired) electrons. The first-order valence-electron chi connectivity index (χ1n) is 8.82. The van der Waals surface area contributed by atoms with E-state index in [9.17, 15) is 9.59 Å². The maximum atomic E-state index is 12.1. The van der Waals surface area contributed by atoms with Crippen LogP contribution in [-0.2, 0) is 23.1 Å². The summed E-state index contributed by atoms with van der Waals surface area (Å²) in [6, 6.07) is 2.29. The van der Waals surface area contributed by atoms with E-state index in [4.69, 9.17) is 0 Å². The van der Waals surface area contributed by atoms with Crippen molar-refractivity contribution in [2.75, 3.05) is 32.7 Å². The first kappa shape index (κ1) is 17.0. The van der Waals surface area contributed by atoms with Crippen molar-refractivity contribution in [1.82, 2.24) is 24.9 Å². The number of hydrogen-bond acceptors (Lipinski definition) is 4. The van der Waals surface area contributed by atoms with Gasteiger partial charge in [0.2, 0.25) is 0 Å². The van der Waals surface area contributed by atoms with Gasteiger partial charge < -0.3 is 10.2 Å². The fourth-order valence-corrected chi connectivity index (χ4v) is 3.22. The summed E-state index contributed by atoms with van der Waals surface area (Å²) in [5.74, 6) is -0.277. The Kier molecular flexibility index (Phi) is 5.18. The van der Waals surface area contributed by atoms with Crippen LogP contribution in [0.3, 0.4) is 0 Å². The number of rotatable bonds is 5. The quantitative estimate of drug-likeness (QED) is 0.772. The van der Waals surface area contributed by atoms with Gasteiger partial charge in [-0.1, -0.05) is 6.92 Å². The number of aromatic nitrogens is 2. The van der Waals surface area contributed by atoms with Crippen LogP contribution >= 0.6 is 0 Å². The highest BCUT2D eigenvalue weighted by atomic mass is 16.2. The van der Waals surface area contributed by atoms with Crippen LogP contribution in [0.15, 0.2) is 12.3 Å². The predicted octanol–water partition coefficient (Wildman–Crippen LogP) is 0.0215. The zero-order valence-electron chi connectivity index (χ0n) is 14.6. The lowest BCUT2D eigenvalue weighted by Crippen LogP contribution is -2.53. The zero-order chi connectivity index (χ0) is 17.1. The van der Waals surface area contributed by atoms with Crippen LogP contribution in [0.2, 0.25) is 0 Å². The minimum absolute atomic E-state index is 0.232. The number of hydrogen-bond donors (Lipinski definition) is 1. The van der Waals surface area contributed by atoms with Gasteiger partial charge in [0.1, 0.15) is 0 Å². The third kappa shape index (κ3) is 4.35. The Bertz CT molecular complexity index is 588. The second kappa shape index (κ2) is 7.34. The summed E-state index contributed by atoms with van der Waals surface area (Å²) in [6.07, 6.45) is 4.83. The summed E-state index contributed by atoms with van der Waals surface area (Å²) in [5, 5.41) is 6.98. The van der Waals surface area contributed by atoms with Gasteiger partial charge in [-0.05, 0) is 31.2 Å². The van der Waals surface area contributed by atoms with Crippen molar-refractivity contribution in [3.8, 4) is 0 Å². The Morgan fingerprint density at radius 2 is 2.00 bits per heavy atom. The third-order valence-electron chi connectivity index (χ3n) is 4.82. The molecule has 24 heavy (non-hydrogen) atoms. The molecule has 1 N–H and O–H groups in total. The summed E-state index contributed by atoms with van der Waals surface area (Å²) in [7, 11) is 1.97. The Balaban J connectivity index is 1.40. The summed E-state index contributed by atoms with van der Waals surface area (Å²) < 4.78 is 1.92. The summed E-state index contributed by atoms with van der Waals surface area (Å²) in [5.41, 5.74) is 1.24. The number of nitrogens with one attached hydrogen (secondary N) is 1. The molecule has 132 valence electrons. The standard InChI is InChI=1S/C17H27N5O2/c1-13(11-15-5-6-18-20(15)2)12-21-7-9-22(10-8-21)17(24)16(23)19-14-3-4-14/h5-6,13-14H,3-4,7-12H2,1-2H3,(H,19,23)/t13-/m1/s1. The van der Waals surface area contributed by atoms with Gasteiger partial charge in [-0.15, -0.1) is 0 Å². The van der Waals surface area contributed by atoms with Crippen LogP contribution in [0.25, 0.3) is 0 Å². The molecule has 0 aromatic carbocycles. The molecule has 1 atom stereocenters. The van der Waals surface area contributed by atoms with Crippen LogP contribution in [0.4, 0.5) is 0 Å². The van der Waals surface area contributed by atoms with E-state index in [1.165, 1.54) is 5.69 Å². The van der Waals surface area contributed by atoms with Crippen molar-refractivity contribution in [2.45, 2.75) is 32.2 Å². The molecule has 1 aliphatic heterocycles. The number of piperazine rings is 1. The third-order valence-corrected chi connectivity index (χ3v) is 4.82. The van der Waals surface area contributed by atoms with Crippen LogP contribution < -0.4 is 5.32 Å². The van der Waals surface area contributed by atoms with E-state index < -0.39 is 5.91 Å². The molecule has 2 amide bonds. The fourth-order valence-electron chi connectivity index (χ4n) is 3.22. The minimum atomic E-state index is -0.435. The van der Waals surface area contributed by atoms with Crippen molar-refractivity contribution in [1.29, 1.82) is 0 Å². The van der Waals surface area contributed by atoms with E-state index in [0.29, 0.717) is 19.0 Å². The van der Waals surface area contributed by atoms with Gasteiger partial charge in [0, 0.05) is 57.7 Å². The van der Waals surface area contributed by atoms with Gasteiger partial charge in [-0.3, -0.25) is 19.2 Å². The number of carbonyl (C=O) groups is 2. The van der Waals surface area contributed by atoms with Crippen LogP contribution in [0, 0.1) is 5.92 Å². The smallest absolute Gasteiger partial charge is 0.311 e. The van der Waals surface area contributed by atoms with E-state index >= 15 is 0 Å². The molecule has 7 heteroatoms. The maximum Gasteiger partial charge on any atom is 0.311 e. The summed E-state index contributed by atoms with van der Waals surface area (Å²) in [4.78, 5) is 28.0. The molecule has 0 bridgehead atoms. The fraction of sp³-hybridized carbons (Fsp3) is 0.706. The predicted molar refractivity (Wildman–Crippen MR) is 90.3 cm³/mol. The monoisotopic (exact) mass is 333 g/mol. The average Bonchev–Trinajstić information content (AvgIpc) is 3.29. The van der Waals surface area contributed by atoms with Crippen LogP contribution in [-0.4, -0.2) is 70.2 Å². The van der Waals surface area contributed by atoms with E-state index in [-0.39, 0.29) is 11.9 Å². The highest BCUT2D eigenvalue weighted by Gasteiger charge is 2.30. The van der Waals surface area contributed by atoms with Gasteiger partial charge in [-0.25, -0.2) is 0 Å². The lowest BCUT2D eigenvalue weighted by Gasteiger charge is -2.35. The Labute approximate surface area is 143 Å². The molecule has 2 aliphatic rings. The second-order valence-electron chi connectivity index (χ2n) is 7.10. The first-order valence-corrected chi connectivity index (χ1v) is 8.82. The van der Waals surface area contributed by atoms with E-state index in [1.807, 2.05) is 17.9 Å². The molecule has 2 heterocycles. The van der Waals surface area contributed by atoms with Crippen LogP contribution in [0.5, 0.6) is 0 Å². The molecular formula is C17H27N5O2. The topological polar surface area (TPSA) is 70.5 Å². The zero-order valence-corrected chi connectivity index (χ0v) is 14.6. The molecule has 3 rings (SSSR count). The molecule has 1 saturated heterocycles. The van der Waals surface area contributed by atoms with Crippen molar-refractivity contribution < 1.29 is 9.59 Å². The molecular weight excluding hydrogens is 306 g/mol. The molecule has 7 nitrogen and oxygen atoms in total. The Hall–Kier alpha value is -1.89. The highest BCUT2D eigenvalue weighted by molar-refractivity contribution is 6.35. The lowest BCUT2D eigenvalue weighted by molar-refractivity contribution is -0.147. The average molecular weight is 333 g/mol. The normalized spacial score (nSPS) is 20.0. The summed E-state index contributed by atoms with van der Waals surface area (Å²) >= 11 is 0. The molecule has 1 aliphatic carbocycles. The second-order valence-corrected chi connectivity index (χ2v) is 7.10. The van der Waals surface area contributed by atoms with Crippen molar-refractivity contribution in [2.24, 2.45) is 13.0 Å².